The third kappa shape index (κ3) is 4.02. The van der Waals surface area contributed by atoms with Crippen LogP contribution in [0.3, 0.4) is 0 Å². The van der Waals surface area contributed by atoms with Crippen molar-refractivity contribution in [3.8, 4) is 0 Å². The fourth-order valence-electron chi connectivity index (χ4n) is 2.82. The Balaban J connectivity index is 1.98. The van der Waals surface area contributed by atoms with Crippen molar-refractivity contribution in [2.45, 2.75) is 26.0 Å². The normalized spacial score (nSPS) is 22.5. The molecular weight excluding hydrogens is 266 g/mol. The first-order valence-corrected chi connectivity index (χ1v) is 7.37. The number of amides is 1. The first-order valence-electron chi connectivity index (χ1n) is 7.37. The van der Waals surface area contributed by atoms with Crippen LogP contribution in [0.4, 0.5) is 0 Å². The van der Waals surface area contributed by atoms with Crippen molar-refractivity contribution in [1.29, 1.82) is 0 Å². The molecular formula is C16H25N3O2. The number of nitrogens with zero attached hydrogens (tertiary/aromatic N) is 3. The lowest BCUT2D eigenvalue weighted by atomic mass is 10.0. The number of hydrogen-bond donors (Lipinski definition) is 0. The van der Waals surface area contributed by atoms with Gasteiger partial charge in [-0.05, 0) is 18.6 Å². The summed E-state index contributed by atoms with van der Waals surface area (Å²) in [5.74, 6) is 0.423. The summed E-state index contributed by atoms with van der Waals surface area (Å²) in [5, 5.41) is 0. The van der Waals surface area contributed by atoms with Gasteiger partial charge in [-0.25, -0.2) is 0 Å². The SMILES string of the molecule is CO[C@H]1CN(Cc2ncccc2C)C[C@@H]1CC(=O)N(C)C. The molecule has 0 spiro atoms. The molecule has 1 aromatic rings. The Bertz CT molecular complexity index is 490. The summed E-state index contributed by atoms with van der Waals surface area (Å²) in [6, 6.07) is 4.04. The molecule has 2 heterocycles. The lowest BCUT2D eigenvalue weighted by Gasteiger charge is -2.18. The number of rotatable bonds is 5. The highest BCUT2D eigenvalue weighted by molar-refractivity contribution is 5.75. The zero-order valence-electron chi connectivity index (χ0n) is 13.4. The Kier molecular flexibility index (Phi) is 5.31. The predicted molar refractivity (Wildman–Crippen MR) is 81.8 cm³/mol. The standard InChI is InChI=1S/C16H25N3O2/c1-12-6-5-7-17-14(12)10-19-9-13(15(11-19)21-4)8-16(20)18(2)3/h5-7,13,15H,8-11H2,1-4H3/t13-,15-/m0/s1. The van der Waals surface area contributed by atoms with Gasteiger partial charge in [-0.1, -0.05) is 6.07 Å². The molecule has 2 atom stereocenters. The third-order valence-corrected chi connectivity index (χ3v) is 4.19. The van der Waals surface area contributed by atoms with Gasteiger partial charge >= 0.3 is 0 Å². The lowest BCUT2D eigenvalue weighted by Crippen LogP contribution is -2.29. The highest BCUT2D eigenvalue weighted by atomic mass is 16.5. The van der Waals surface area contributed by atoms with E-state index in [-0.39, 0.29) is 17.9 Å². The van der Waals surface area contributed by atoms with E-state index in [1.165, 1.54) is 5.56 Å². The topological polar surface area (TPSA) is 45.7 Å². The van der Waals surface area contributed by atoms with Crippen LogP contribution in [0, 0.1) is 12.8 Å². The number of carbonyl (C=O) groups excluding carboxylic acids is 1. The number of pyridine rings is 1. The molecule has 2 rings (SSSR count). The number of ether oxygens (including phenoxy) is 1. The minimum absolute atomic E-state index is 0.123. The van der Waals surface area contributed by atoms with E-state index in [1.54, 1.807) is 26.1 Å². The first-order chi connectivity index (χ1) is 10.0. The molecule has 1 saturated heterocycles. The lowest BCUT2D eigenvalue weighted by molar-refractivity contribution is -0.130. The van der Waals surface area contributed by atoms with E-state index < -0.39 is 0 Å². The number of aryl methyl sites for hydroxylation is 1. The summed E-state index contributed by atoms with van der Waals surface area (Å²) in [7, 11) is 5.33. The van der Waals surface area contributed by atoms with Crippen molar-refractivity contribution < 1.29 is 9.53 Å². The molecule has 0 unspecified atom stereocenters. The van der Waals surface area contributed by atoms with Crippen LogP contribution < -0.4 is 0 Å². The van der Waals surface area contributed by atoms with E-state index in [2.05, 4.69) is 22.9 Å². The number of likely N-dealkylation sites (tertiary alicyclic amines) is 1. The van der Waals surface area contributed by atoms with Gasteiger partial charge in [0.15, 0.2) is 0 Å². The molecule has 21 heavy (non-hydrogen) atoms. The Morgan fingerprint density at radius 2 is 2.24 bits per heavy atom. The quantitative estimate of drug-likeness (QED) is 0.821. The molecule has 0 aromatic carbocycles. The van der Waals surface area contributed by atoms with Crippen molar-refractivity contribution >= 4 is 5.91 Å². The second-order valence-corrected chi connectivity index (χ2v) is 5.99. The van der Waals surface area contributed by atoms with E-state index in [4.69, 9.17) is 4.74 Å². The molecule has 0 N–H and O–H groups in total. The Morgan fingerprint density at radius 3 is 2.86 bits per heavy atom. The van der Waals surface area contributed by atoms with E-state index in [1.807, 2.05) is 12.3 Å². The summed E-state index contributed by atoms with van der Waals surface area (Å²) < 4.78 is 5.57. The molecule has 1 aliphatic heterocycles. The summed E-state index contributed by atoms with van der Waals surface area (Å²) in [4.78, 5) is 20.3. The Morgan fingerprint density at radius 1 is 1.48 bits per heavy atom. The van der Waals surface area contributed by atoms with Crippen LogP contribution in [-0.2, 0) is 16.1 Å². The maximum absolute atomic E-state index is 11.9. The number of carbonyl (C=O) groups is 1. The average Bonchev–Trinajstić information content (AvgIpc) is 2.83. The largest absolute Gasteiger partial charge is 0.380 e. The van der Waals surface area contributed by atoms with Crippen LogP contribution >= 0.6 is 0 Å². The van der Waals surface area contributed by atoms with Gasteiger partial charge in [0.25, 0.3) is 0 Å². The summed E-state index contributed by atoms with van der Waals surface area (Å²) in [6.07, 6.45) is 2.50. The van der Waals surface area contributed by atoms with Crippen molar-refractivity contribution in [1.82, 2.24) is 14.8 Å². The highest BCUT2D eigenvalue weighted by Gasteiger charge is 2.34. The fraction of sp³-hybridized carbons (Fsp3) is 0.625. The molecule has 5 heteroatoms. The monoisotopic (exact) mass is 291 g/mol. The maximum atomic E-state index is 11.9. The molecule has 1 amide bonds. The highest BCUT2D eigenvalue weighted by Crippen LogP contribution is 2.25. The average molecular weight is 291 g/mol. The van der Waals surface area contributed by atoms with E-state index in [0.29, 0.717) is 6.42 Å². The van der Waals surface area contributed by atoms with Crippen molar-refractivity contribution in [2.75, 3.05) is 34.3 Å². The van der Waals surface area contributed by atoms with Crippen LogP contribution in [0.25, 0.3) is 0 Å². The fourth-order valence-corrected chi connectivity index (χ4v) is 2.82. The maximum Gasteiger partial charge on any atom is 0.222 e. The van der Waals surface area contributed by atoms with Crippen molar-refractivity contribution in [3.05, 3.63) is 29.6 Å². The number of hydrogen-bond acceptors (Lipinski definition) is 4. The van der Waals surface area contributed by atoms with Crippen LogP contribution in [-0.4, -0.2) is 61.1 Å². The Hall–Kier alpha value is -1.46. The molecule has 1 aliphatic rings. The predicted octanol–water partition coefficient (Wildman–Crippen LogP) is 1.32. The van der Waals surface area contributed by atoms with Gasteiger partial charge in [0.1, 0.15) is 0 Å². The molecule has 1 fully saturated rings. The van der Waals surface area contributed by atoms with Gasteiger partial charge < -0.3 is 9.64 Å². The minimum atomic E-state index is 0.123. The van der Waals surface area contributed by atoms with Gasteiger partial charge in [0.2, 0.25) is 5.91 Å². The van der Waals surface area contributed by atoms with Crippen LogP contribution in [0.1, 0.15) is 17.7 Å². The smallest absolute Gasteiger partial charge is 0.222 e. The van der Waals surface area contributed by atoms with E-state index in [0.717, 1.165) is 25.3 Å². The van der Waals surface area contributed by atoms with Crippen LogP contribution in [0.2, 0.25) is 0 Å². The first kappa shape index (κ1) is 15.9. The van der Waals surface area contributed by atoms with Gasteiger partial charge in [0, 0.05) is 59.4 Å². The van der Waals surface area contributed by atoms with Crippen LogP contribution in [0.15, 0.2) is 18.3 Å². The molecule has 1 aromatic heterocycles. The zero-order chi connectivity index (χ0) is 15.4. The summed E-state index contributed by atoms with van der Waals surface area (Å²) in [6.45, 7) is 4.64. The molecule has 0 bridgehead atoms. The van der Waals surface area contributed by atoms with Gasteiger partial charge in [-0.3, -0.25) is 14.7 Å². The molecule has 116 valence electrons. The van der Waals surface area contributed by atoms with Gasteiger partial charge in [-0.2, -0.15) is 0 Å². The van der Waals surface area contributed by atoms with Gasteiger partial charge in [0.05, 0.1) is 11.8 Å². The van der Waals surface area contributed by atoms with Crippen molar-refractivity contribution in [2.24, 2.45) is 5.92 Å². The second-order valence-electron chi connectivity index (χ2n) is 5.99. The number of aromatic nitrogens is 1. The van der Waals surface area contributed by atoms with E-state index in [9.17, 15) is 4.79 Å². The molecule has 0 aliphatic carbocycles. The Labute approximate surface area is 126 Å². The summed E-state index contributed by atoms with van der Waals surface area (Å²) >= 11 is 0. The van der Waals surface area contributed by atoms with Crippen molar-refractivity contribution in [3.63, 3.8) is 0 Å². The van der Waals surface area contributed by atoms with E-state index >= 15 is 0 Å². The van der Waals surface area contributed by atoms with Gasteiger partial charge in [-0.15, -0.1) is 0 Å². The molecule has 5 nitrogen and oxygen atoms in total. The molecule has 0 radical (unpaired) electrons. The third-order valence-electron chi connectivity index (χ3n) is 4.19. The summed E-state index contributed by atoms with van der Waals surface area (Å²) in [5.41, 5.74) is 2.31. The zero-order valence-corrected chi connectivity index (χ0v) is 13.4. The van der Waals surface area contributed by atoms with Crippen LogP contribution in [0.5, 0.6) is 0 Å². The molecule has 0 saturated carbocycles. The number of methoxy groups -OCH3 is 1. The second kappa shape index (κ2) is 7.00. The minimum Gasteiger partial charge on any atom is -0.380 e.